The summed E-state index contributed by atoms with van der Waals surface area (Å²) in [7, 11) is 0. The Balaban J connectivity index is 1.71. The number of aromatic nitrogens is 1. The number of hydrogen-bond acceptors (Lipinski definition) is 3. The van der Waals surface area contributed by atoms with E-state index in [1.807, 2.05) is 11.8 Å². The van der Waals surface area contributed by atoms with Gasteiger partial charge in [0.05, 0.1) is 23.1 Å². The molecule has 1 amide bonds. The van der Waals surface area contributed by atoms with Crippen molar-refractivity contribution in [1.82, 2.24) is 9.88 Å². The zero-order valence-corrected chi connectivity index (χ0v) is 12.2. The van der Waals surface area contributed by atoms with E-state index in [-0.39, 0.29) is 5.91 Å². The molecule has 1 spiro atoms. The van der Waals surface area contributed by atoms with Gasteiger partial charge in [-0.3, -0.25) is 9.78 Å². The van der Waals surface area contributed by atoms with Crippen molar-refractivity contribution in [1.29, 1.82) is 0 Å². The molecule has 0 unspecified atom stereocenters. The Bertz CT molecular complexity index is 510. The number of likely N-dealkylation sites (tertiary alicyclic amines) is 1. The smallest absolute Gasteiger partial charge is 0.255 e. The normalized spacial score (nSPS) is 21.4. The van der Waals surface area contributed by atoms with Gasteiger partial charge in [-0.1, -0.05) is 12.8 Å². The van der Waals surface area contributed by atoms with Crippen LogP contribution in [0.5, 0.6) is 0 Å². The minimum atomic E-state index is 0.0927. The number of nitrogens with zero attached hydrogens (tertiary/aromatic N) is 2. The maximum absolute atomic E-state index is 12.6. The first-order valence-corrected chi connectivity index (χ1v) is 7.61. The summed E-state index contributed by atoms with van der Waals surface area (Å²) in [6, 6.07) is 1.75. The minimum absolute atomic E-state index is 0.0927. The molecule has 1 aliphatic heterocycles. The summed E-state index contributed by atoms with van der Waals surface area (Å²) < 4.78 is 0. The Morgan fingerprint density at radius 1 is 1.25 bits per heavy atom. The number of rotatable bonds is 1. The summed E-state index contributed by atoms with van der Waals surface area (Å²) in [5, 5.41) is 0. The van der Waals surface area contributed by atoms with E-state index in [0.29, 0.717) is 16.7 Å². The third-order valence-corrected chi connectivity index (χ3v) is 5.11. The lowest BCUT2D eigenvalue weighted by molar-refractivity contribution is 0.0586. The second-order valence-corrected chi connectivity index (χ2v) is 6.40. The lowest BCUT2D eigenvalue weighted by Crippen LogP contribution is -2.42. The number of anilines is 1. The van der Waals surface area contributed by atoms with Crippen molar-refractivity contribution in [2.45, 2.75) is 45.4 Å². The van der Waals surface area contributed by atoms with E-state index < -0.39 is 0 Å². The van der Waals surface area contributed by atoms with Gasteiger partial charge >= 0.3 is 0 Å². The Kier molecular flexibility index (Phi) is 3.40. The predicted octanol–water partition coefficient (Wildman–Crippen LogP) is 2.77. The number of hydrogen-bond donors (Lipinski definition) is 1. The highest BCUT2D eigenvalue weighted by Crippen LogP contribution is 2.46. The Labute approximate surface area is 120 Å². The van der Waals surface area contributed by atoms with Gasteiger partial charge < -0.3 is 10.6 Å². The van der Waals surface area contributed by atoms with Crippen LogP contribution in [0.2, 0.25) is 0 Å². The van der Waals surface area contributed by atoms with Crippen molar-refractivity contribution >= 4 is 11.6 Å². The first-order chi connectivity index (χ1) is 9.60. The third-order valence-electron chi connectivity index (χ3n) is 5.11. The van der Waals surface area contributed by atoms with Crippen molar-refractivity contribution in [3.8, 4) is 0 Å². The molecule has 2 N–H and O–H groups in total. The van der Waals surface area contributed by atoms with E-state index in [1.165, 1.54) is 25.7 Å². The third kappa shape index (κ3) is 2.39. The molecule has 0 bridgehead atoms. The largest absolute Gasteiger partial charge is 0.397 e. The van der Waals surface area contributed by atoms with Crippen LogP contribution >= 0.6 is 0 Å². The average Bonchev–Trinajstić information content (AvgIpc) is 2.90. The van der Waals surface area contributed by atoms with Gasteiger partial charge in [0.15, 0.2) is 0 Å². The van der Waals surface area contributed by atoms with Crippen LogP contribution in [0.25, 0.3) is 0 Å². The summed E-state index contributed by atoms with van der Waals surface area (Å²) >= 11 is 0. The van der Waals surface area contributed by atoms with Crippen molar-refractivity contribution in [2.24, 2.45) is 5.41 Å². The predicted molar refractivity (Wildman–Crippen MR) is 79.4 cm³/mol. The summed E-state index contributed by atoms with van der Waals surface area (Å²) in [6.45, 7) is 3.63. The van der Waals surface area contributed by atoms with Crippen LogP contribution in [0.3, 0.4) is 0 Å². The number of carbonyl (C=O) groups excluding carboxylic acids is 1. The average molecular weight is 273 g/mol. The lowest BCUT2D eigenvalue weighted by atomic mass is 9.77. The van der Waals surface area contributed by atoms with Gasteiger partial charge in [0.25, 0.3) is 5.91 Å². The molecule has 1 saturated heterocycles. The SMILES string of the molecule is Cc1ncc(N)cc1C(=O)N1CCC2(CCCC2)CC1. The molecule has 2 aliphatic rings. The van der Waals surface area contributed by atoms with Crippen molar-refractivity contribution in [2.75, 3.05) is 18.8 Å². The van der Waals surface area contributed by atoms with E-state index in [2.05, 4.69) is 4.98 Å². The molecule has 20 heavy (non-hydrogen) atoms. The molecule has 1 aromatic rings. The van der Waals surface area contributed by atoms with Crippen molar-refractivity contribution < 1.29 is 4.79 Å². The van der Waals surface area contributed by atoms with Gasteiger partial charge in [-0.15, -0.1) is 0 Å². The van der Waals surface area contributed by atoms with Crippen LogP contribution in [0.1, 0.15) is 54.6 Å². The molecular formula is C16H23N3O. The molecule has 0 aromatic carbocycles. The van der Waals surface area contributed by atoms with Crippen molar-refractivity contribution in [3.63, 3.8) is 0 Å². The lowest BCUT2D eigenvalue weighted by Gasteiger charge is -2.39. The summed E-state index contributed by atoms with van der Waals surface area (Å²) in [5.41, 5.74) is 8.28. The topological polar surface area (TPSA) is 59.2 Å². The summed E-state index contributed by atoms with van der Waals surface area (Å²) in [5.74, 6) is 0.0927. The molecule has 1 saturated carbocycles. The van der Waals surface area contributed by atoms with Gasteiger partial charge in [-0.05, 0) is 44.1 Å². The number of amides is 1. The fraction of sp³-hybridized carbons (Fsp3) is 0.625. The van der Waals surface area contributed by atoms with E-state index in [4.69, 9.17) is 5.73 Å². The number of aryl methyl sites for hydroxylation is 1. The fourth-order valence-electron chi connectivity index (χ4n) is 3.75. The molecule has 4 heteroatoms. The van der Waals surface area contributed by atoms with E-state index >= 15 is 0 Å². The first-order valence-electron chi connectivity index (χ1n) is 7.61. The second kappa shape index (κ2) is 5.08. The molecule has 2 heterocycles. The summed E-state index contributed by atoms with van der Waals surface area (Å²) in [6.07, 6.45) is 9.37. The maximum Gasteiger partial charge on any atom is 0.255 e. The first kappa shape index (κ1) is 13.4. The fourth-order valence-corrected chi connectivity index (χ4v) is 3.75. The van der Waals surface area contributed by atoms with Crippen LogP contribution in [0.4, 0.5) is 5.69 Å². The zero-order valence-electron chi connectivity index (χ0n) is 12.2. The maximum atomic E-state index is 12.6. The molecule has 1 aromatic heterocycles. The number of nitrogen functional groups attached to an aromatic ring is 1. The summed E-state index contributed by atoms with van der Waals surface area (Å²) in [4.78, 5) is 18.8. The molecule has 2 fully saturated rings. The molecule has 0 atom stereocenters. The number of carbonyl (C=O) groups is 1. The Morgan fingerprint density at radius 3 is 2.55 bits per heavy atom. The van der Waals surface area contributed by atoms with Gasteiger partial charge in [-0.2, -0.15) is 0 Å². The Hall–Kier alpha value is -1.58. The number of pyridine rings is 1. The quantitative estimate of drug-likeness (QED) is 0.856. The second-order valence-electron chi connectivity index (χ2n) is 6.40. The molecule has 3 rings (SSSR count). The minimum Gasteiger partial charge on any atom is -0.397 e. The van der Waals surface area contributed by atoms with E-state index in [9.17, 15) is 4.79 Å². The monoisotopic (exact) mass is 273 g/mol. The molecule has 108 valence electrons. The highest BCUT2D eigenvalue weighted by atomic mass is 16.2. The molecular weight excluding hydrogens is 250 g/mol. The van der Waals surface area contributed by atoms with Crippen LogP contribution in [-0.2, 0) is 0 Å². The number of nitrogens with two attached hydrogens (primary N) is 1. The van der Waals surface area contributed by atoms with Crippen molar-refractivity contribution in [3.05, 3.63) is 23.5 Å². The number of piperidine rings is 1. The molecule has 1 aliphatic carbocycles. The van der Waals surface area contributed by atoms with Gasteiger partial charge in [0.1, 0.15) is 0 Å². The zero-order chi connectivity index (χ0) is 14.2. The standard InChI is InChI=1S/C16H23N3O/c1-12-14(10-13(17)11-18-12)15(20)19-8-6-16(7-9-19)4-2-3-5-16/h10-11H,2-9,17H2,1H3. The van der Waals surface area contributed by atoms with Gasteiger partial charge in [0.2, 0.25) is 0 Å². The van der Waals surface area contributed by atoms with Gasteiger partial charge in [-0.25, -0.2) is 0 Å². The van der Waals surface area contributed by atoms with E-state index in [1.54, 1.807) is 12.3 Å². The van der Waals surface area contributed by atoms with Crippen LogP contribution in [-0.4, -0.2) is 28.9 Å². The molecule has 4 nitrogen and oxygen atoms in total. The van der Waals surface area contributed by atoms with Crippen LogP contribution in [0, 0.1) is 12.3 Å². The van der Waals surface area contributed by atoms with Crippen LogP contribution < -0.4 is 5.73 Å². The highest BCUT2D eigenvalue weighted by molar-refractivity contribution is 5.96. The van der Waals surface area contributed by atoms with Crippen LogP contribution in [0.15, 0.2) is 12.3 Å². The molecule has 0 radical (unpaired) electrons. The highest BCUT2D eigenvalue weighted by Gasteiger charge is 2.38. The van der Waals surface area contributed by atoms with Gasteiger partial charge in [0, 0.05) is 13.1 Å². The van der Waals surface area contributed by atoms with E-state index in [0.717, 1.165) is 31.6 Å². The Morgan fingerprint density at radius 2 is 1.90 bits per heavy atom.